The number of halogens is 1. The predicted octanol–water partition coefficient (Wildman–Crippen LogP) is 2.13. The molecule has 1 fully saturated rings. The van der Waals surface area contributed by atoms with E-state index in [0.29, 0.717) is 17.6 Å². The lowest BCUT2D eigenvalue weighted by atomic mass is 10.2. The van der Waals surface area contributed by atoms with Crippen LogP contribution in [0.15, 0.2) is 6.33 Å². The first kappa shape index (κ1) is 9.37. The van der Waals surface area contributed by atoms with Crippen molar-refractivity contribution >= 4 is 5.82 Å². The van der Waals surface area contributed by atoms with Gasteiger partial charge in [-0.3, -0.25) is 0 Å². The van der Waals surface area contributed by atoms with Crippen molar-refractivity contribution in [1.82, 2.24) is 9.97 Å². The van der Waals surface area contributed by atoms with Gasteiger partial charge in [-0.2, -0.15) is 0 Å². The fourth-order valence-electron chi connectivity index (χ4n) is 1.44. The molecular formula is C10H14FN3. The summed E-state index contributed by atoms with van der Waals surface area (Å²) in [6.07, 6.45) is 2.45. The summed E-state index contributed by atoms with van der Waals surface area (Å²) < 4.78 is 13.5. The molecule has 76 valence electrons. The standard InChI is InChI=1S/C10H14FN3/c1-6-8(11)9(13-5-12-6)14-7-4-10(7,2)3/h5,7H,4H2,1-3H3,(H,12,13,14). The normalized spacial score (nSPS) is 23.3. The maximum atomic E-state index is 13.5. The number of nitrogens with one attached hydrogen (secondary N) is 1. The van der Waals surface area contributed by atoms with Gasteiger partial charge in [-0.1, -0.05) is 13.8 Å². The molecule has 2 rings (SSSR count). The Hall–Kier alpha value is -1.19. The first-order valence-corrected chi connectivity index (χ1v) is 4.74. The van der Waals surface area contributed by atoms with E-state index in [4.69, 9.17) is 0 Å². The van der Waals surface area contributed by atoms with Gasteiger partial charge in [0.15, 0.2) is 11.6 Å². The second-order valence-electron chi connectivity index (χ2n) is 4.51. The molecule has 3 nitrogen and oxygen atoms in total. The van der Waals surface area contributed by atoms with Gasteiger partial charge in [0.05, 0.1) is 5.69 Å². The first-order valence-electron chi connectivity index (χ1n) is 4.74. The van der Waals surface area contributed by atoms with Crippen molar-refractivity contribution in [2.75, 3.05) is 5.32 Å². The summed E-state index contributed by atoms with van der Waals surface area (Å²) in [5, 5.41) is 3.09. The van der Waals surface area contributed by atoms with E-state index < -0.39 is 0 Å². The van der Waals surface area contributed by atoms with Gasteiger partial charge in [-0.05, 0) is 18.8 Å². The van der Waals surface area contributed by atoms with Gasteiger partial charge >= 0.3 is 0 Å². The highest BCUT2D eigenvalue weighted by Crippen LogP contribution is 2.46. The molecule has 1 aliphatic carbocycles. The Bertz CT molecular complexity index is 362. The monoisotopic (exact) mass is 195 g/mol. The molecule has 0 radical (unpaired) electrons. The van der Waals surface area contributed by atoms with Crippen LogP contribution < -0.4 is 5.32 Å². The molecule has 0 spiro atoms. The van der Waals surface area contributed by atoms with Crippen LogP contribution in [0.5, 0.6) is 0 Å². The molecule has 0 amide bonds. The summed E-state index contributed by atoms with van der Waals surface area (Å²) in [4.78, 5) is 7.66. The summed E-state index contributed by atoms with van der Waals surface area (Å²) in [5.41, 5.74) is 0.659. The Balaban J connectivity index is 2.14. The van der Waals surface area contributed by atoms with Crippen LogP contribution >= 0.6 is 0 Å². The van der Waals surface area contributed by atoms with Gasteiger partial charge in [-0.25, -0.2) is 14.4 Å². The van der Waals surface area contributed by atoms with Crippen LogP contribution in [-0.2, 0) is 0 Å². The zero-order valence-electron chi connectivity index (χ0n) is 8.63. The zero-order valence-corrected chi connectivity index (χ0v) is 8.63. The quantitative estimate of drug-likeness (QED) is 0.785. The van der Waals surface area contributed by atoms with E-state index in [1.54, 1.807) is 6.92 Å². The number of hydrogen-bond donors (Lipinski definition) is 1. The second-order valence-corrected chi connectivity index (χ2v) is 4.51. The third-order valence-corrected chi connectivity index (χ3v) is 2.79. The SMILES string of the molecule is Cc1ncnc(NC2CC2(C)C)c1F. The second kappa shape index (κ2) is 2.90. The smallest absolute Gasteiger partial charge is 0.186 e. The lowest BCUT2D eigenvalue weighted by Crippen LogP contribution is -2.12. The van der Waals surface area contributed by atoms with Crippen LogP contribution in [0.1, 0.15) is 26.0 Å². The molecule has 0 saturated heterocycles. The van der Waals surface area contributed by atoms with Crippen LogP contribution in [0.25, 0.3) is 0 Å². The highest BCUT2D eigenvalue weighted by Gasteiger charge is 2.46. The molecule has 1 aromatic rings. The fourth-order valence-corrected chi connectivity index (χ4v) is 1.44. The van der Waals surface area contributed by atoms with Crippen molar-refractivity contribution in [2.45, 2.75) is 33.2 Å². The highest BCUT2D eigenvalue weighted by molar-refractivity contribution is 5.40. The number of anilines is 1. The van der Waals surface area contributed by atoms with Crippen molar-refractivity contribution in [3.63, 3.8) is 0 Å². The average Bonchev–Trinajstić information content (AvgIpc) is 2.68. The lowest BCUT2D eigenvalue weighted by molar-refractivity contribution is 0.596. The molecule has 1 heterocycles. The molecule has 1 unspecified atom stereocenters. The number of aromatic nitrogens is 2. The average molecular weight is 195 g/mol. The topological polar surface area (TPSA) is 37.8 Å². The van der Waals surface area contributed by atoms with E-state index in [-0.39, 0.29) is 11.2 Å². The van der Waals surface area contributed by atoms with Crippen molar-refractivity contribution in [3.8, 4) is 0 Å². The van der Waals surface area contributed by atoms with E-state index in [1.807, 2.05) is 0 Å². The van der Waals surface area contributed by atoms with Crippen LogP contribution in [-0.4, -0.2) is 16.0 Å². The molecule has 1 atom stereocenters. The number of rotatable bonds is 2. The summed E-state index contributed by atoms with van der Waals surface area (Å²) >= 11 is 0. The molecule has 1 saturated carbocycles. The number of hydrogen-bond acceptors (Lipinski definition) is 3. The Kier molecular flexibility index (Phi) is 1.94. The van der Waals surface area contributed by atoms with Crippen LogP contribution in [0.3, 0.4) is 0 Å². The van der Waals surface area contributed by atoms with Gasteiger partial charge in [0.25, 0.3) is 0 Å². The zero-order chi connectivity index (χ0) is 10.3. The number of aryl methyl sites for hydroxylation is 1. The van der Waals surface area contributed by atoms with Crippen LogP contribution in [0.4, 0.5) is 10.2 Å². The summed E-state index contributed by atoms with van der Waals surface area (Å²) in [7, 11) is 0. The van der Waals surface area contributed by atoms with Crippen molar-refractivity contribution in [3.05, 3.63) is 17.8 Å². The van der Waals surface area contributed by atoms with E-state index >= 15 is 0 Å². The Morgan fingerprint density at radius 2 is 2.14 bits per heavy atom. The van der Waals surface area contributed by atoms with Crippen LogP contribution in [0, 0.1) is 18.2 Å². The van der Waals surface area contributed by atoms with Gasteiger partial charge in [0.1, 0.15) is 6.33 Å². The third kappa shape index (κ3) is 1.56. The Morgan fingerprint density at radius 1 is 1.50 bits per heavy atom. The van der Waals surface area contributed by atoms with E-state index in [2.05, 4.69) is 29.1 Å². The third-order valence-electron chi connectivity index (χ3n) is 2.79. The summed E-state index contributed by atoms with van der Waals surface area (Å²) in [5.74, 6) is -0.0109. The lowest BCUT2D eigenvalue weighted by Gasteiger charge is -2.08. The van der Waals surface area contributed by atoms with Crippen LogP contribution in [0.2, 0.25) is 0 Å². The largest absolute Gasteiger partial charge is 0.364 e. The van der Waals surface area contributed by atoms with E-state index in [1.165, 1.54) is 6.33 Å². The van der Waals surface area contributed by atoms with Crippen molar-refractivity contribution < 1.29 is 4.39 Å². The molecule has 0 aliphatic heterocycles. The molecule has 0 aromatic carbocycles. The maximum Gasteiger partial charge on any atom is 0.186 e. The van der Waals surface area contributed by atoms with Gasteiger partial charge in [-0.15, -0.1) is 0 Å². The van der Waals surface area contributed by atoms with Gasteiger partial charge in [0.2, 0.25) is 0 Å². The molecule has 0 bridgehead atoms. The number of nitrogens with zero attached hydrogens (tertiary/aromatic N) is 2. The predicted molar refractivity (Wildman–Crippen MR) is 52.5 cm³/mol. The summed E-state index contributed by atoms with van der Waals surface area (Å²) in [6.45, 7) is 5.94. The molecule has 1 aromatic heterocycles. The molecule has 14 heavy (non-hydrogen) atoms. The Morgan fingerprint density at radius 3 is 2.71 bits per heavy atom. The fraction of sp³-hybridized carbons (Fsp3) is 0.600. The highest BCUT2D eigenvalue weighted by atomic mass is 19.1. The van der Waals surface area contributed by atoms with Gasteiger partial charge in [0, 0.05) is 6.04 Å². The molecule has 1 aliphatic rings. The van der Waals surface area contributed by atoms with Crippen molar-refractivity contribution in [1.29, 1.82) is 0 Å². The minimum atomic E-state index is -0.338. The Labute approximate surface area is 82.8 Å². The summed E-state index contributed by atoms with van der Waals surface area (Å²) in [6, 6.07) is 0.339. The molecule has 4 heteroatoms. The molecular weight excluding hydrogens is 181 g/mol. The van der Waals surface area contributed by atoms with Gasteiger partial charge < -0.3 is 5.32 Å². The van der Waals surface area contributed by atoms with E-state index in [0.717, 1.165) is 6.42 Å². The molecule has 1 N–H and O–H groups in total. The first-order chi connectivity index (χ1) is 6.50. The minimum absolute atomic E-state index is 0.269. The minimum Gasteiger partial charge on any atom is -0.364 e. The van der Waals surface area contributed by atoms with E-state index in [9.17, 15) is 4.39 Å². The van der Waals surface area contributed by atoms with Crippen molar-refractivity contribution in [2.24, 2.45) is 5.41 Å². The maximum absolute atomic E-state index is 13.5.